The van der Waals surface area contributed by atoms with Gasteiger partial charge >= 0.3 is 6.18 Å². The van der Waals surface area contributed by atoms with Gasteiger partial charge in [0.2, 0.25) is 0 Å². The molecule has 0 radical (unpaired) electrons. The third-order valence-corrected chi connectivity index (χ3v) is 2.92. The minimum absolute atomic E-state index is 0.637. The number of fused-ring (bicyclic) bond motifs is 1. The van der Waals surface area contributed by atoms with Crippen molar-refractivity contribution in [2.45, 2.75) is 6.18 Å². The number of hydrogen-bond acceptors (Lipinski definition) is 1. The fraction of sp³-hybridized carbons (Fsp3) is 0.0714. The minimum Gasteiger partial charge on any atom is -0.320 e. The molecular weight excluding hydrogens is 253 g/mol. The third-order valence-electron chi connectivity index (χ3n) is 2.92. The zero-order valence-electron chi connectivity index (χ0n) is 9.72. The van der Waals surface area contributed by atoms with Gasteiger partial charge in [-0.25, -0.2) is 0 Å². The number of nitrogens with zero attached hydrogens (tertiary/aromatic N) is 2. The molecule has 19 heavy (non-hydrogen) atoms. The van der Waals surface area contributed by atoms with Gasteiger partial charge in [0.15, 0.2) is 0 Å². The molecule has 0 aliphatic rings. The monoisotopic (exact) mass is 262 g/mol. The van der Waals surface area contributed by atoms with E-state index in [1.54, 1.807) is 12.4 Å². The zero-order chi connectivity index (χ0) is 13.5. The Morgan fingerprint density at radius 2 is 1.74 bits per heavy atom. The van der Waals surface area contributed by atoms with Crippen molar-refractivity contribution in [2.24, 2.45) is 0 Å². The van der Waals surface area contributed by atoms with E-state index in [0.717, 1.165) is 17.6 Å². The second-order valence-electron chi connectivity index (χ2n) is 4.19. The number of rotatable bonds is 1. The van der Waals surface area contributed by atoms with Gasteiger partial charge in [0, 0.05) is 18.0 Å². The first-order valence-electron chi connectivity index (χ1n) is 5.64. The molecule has 1 aromatic carbocycles. The van der Waals surface area contributed by atoms with E-state index in [1.807, 2.05) is 22.7 Å². The summed E-state index contributed by atoms with van der Waals surface area (Å²) in [5.41, 5.74) is 1.58. The van der Waals surface area contributed by atoms with E-state index in [1.165, 1.54) is 12.1 Å². The fourth-order valence-corrected chi connectivity index (χ4v) is 1.91. The lowest BCUT2D eigenvalue weighted by Crippen LogP contribution is -2.04. The van der Waals surface area contributed by atoms with E-state index < -0.39 is 11.7 Å². The van der Waals surface area contributed by atoms with Gasteiger partial charge in [-0.3, -0.25) is 4.98 Å². The lowest BCUT2D eigenvalue weighted by atomic mass is 10.1. The molecule has 0 aliphatic carbocycles. The van der Waals surface area contributed by atoms with Gasteiger partial charge in [-0.1, -0.05) is 12.1 Å². The highest BCUT2D eigenvalue weighted by Gasteiger charge is 2.29. The maximum absolute atomic E-state index is 12.5. The molecular formula is C14H9F3N2. The summed E-state index contributed by atoms with van der Waals surface area (Å²) in [5.74, 6) is 0. The molecule has 2 nitrogen and oxygen atoms in total. The van der Waals surface area contributed by atoms with Gasteiger partial charge in [0.05, 0.1) is 23.0 Å². The maximum atomic E-state index is 12.5. The van der Waals surface area contributed by atoms with Crippen LogP contribution in [0.5, 0.6) is 0 Å². The highest BCUT2D eigenvalue weighted by Crippen LogP contribution is 2.30. The molecule has 96 valence electrons. The van der Waals surface area contributed by atoms with Crippen molar-refractivity contribution >= 4 is 5.52 Å². The van der Waals surface area contributed by atoms with E-state index in [2.05, 4.69) is 4.98 Å². The summed E-state index contributed by atoms with van der Waals surface area (Å²) in [4.78, 5) is 4.24. The average Bonchev–Trinajstić information content (AvgIpc) is 2.85. The fourth-order valence-electron chi connectivity index (χ4n) is 1.91. The van der Waals surface area contributed by atoms with Crippen LogP contribution < -0.4 is 0 Å². The van der Waals surface area contributed by atoms with Crippen molar-refractivity contribution in [3.63, 3.8) is 0 Å². The largest absolute Gasteiger partial charge is 0.416 e. The standard InChI is InChI=1S/C14H9F3N2/c15-14(16,17)11-5-3-10(4-6-11)13-9-19-7-1-2-12(19)8-18-13/h1-9H. The first kappa shape index (κ1) is 11.8. The molecule has 0 N–H and O–H groups in total. The summed E-state index contributed by atoms with van der Waals surface area (Å²) >= 11 is 0. The second kappa shape index (κ2) is 4.12. The maximum Gasteiger partial charge on any atom is 0.416 e. The molecule has 0 fully saturated rings. The quantitative estimate of drug-likeness (QED) is 0.647. The molecule has 3 rings (SSSR count). The number of benzene rings is 1. The van der Waals surface area contributed by atoms with E-state index in [4.69, 9.17) is 0 Å². The first-order chi connectivity index (χ1) is 9.04. The molecule has 0 bridgehead atoms. The van der Waals surface area contributed by atoms with E-state index in [9.17, 15) is 13.2 Å². The van der Waals surface area contributed by atoms with Crippen LogP contribution in [0.25, 0.3) is 16.8 Å². The van der Waals surface area contributed by atoms with Gasteiger partial charge in [-0.15, -0.1) is 0 Å². The molecule has 0 saturated carbocycles. The van der Waals surface area contributed by atoms with Crippen LogP contribution >= 0.6 is 0 Å². The zero-order valence-corrected chi connectivity index (χ0v) is 9.72. The highest BCUT2D eigenvalue weighted by atomic mass is 19.4. The van der Waals surface area contributed by atoms with Crippen LogP contribution in [0.3, 0.4) is 0 Å². The van der Waals surface area contributed by atoms with E-state index in [-0.39, 0.29) is 0 Å². The van der Waals surface area contributed by atoms with Crippen LogP contribution in [-0.2, 0) is 6.18 Å². The van der Waals surface area contributed by atoms with Crippen molar-refractivity contribution in [1.82, 2.24) is 9.38 Å². The molecule has 0 atom stereocenters. The lowest BCUT2D eigenvalue weighted by Gasteiger charge is -2.07. The van der Waals surface area contributed by atoms with Crippen molar-refractivity contribution in [2.75, 3.05) is 0 Å². The SMILES string of the molecule is FC(F)(F)c1ccc(-c2cn3cccc3cn2)cc1. The molecule has 0 amide bonds. The Hall–Kier alpha value is -2.30. The summed E-state index contributed by atoms with van der Waals surface area (Å²) in [6.07, 6.45) is 1.03. The Balaban J connectivity index is 2.01. The average molecular weight is 262 g/mol. The highest BCUT2D eigenvalue weighted by molar-refractivity contribution is 5.61. The molecule has 0 saturated heterocycles. The van der Waals surface area contributed by atoms with Gasteiger partial charge in [0.25, 0.3) is 0 Å². The number of halogens is 3. The summed E-state index contributed by atoms with van der Waals surface area (Å²) in [5, 5.41) is 0. The summed E-state index contributed by atoms with van der Waals surface area (Å²) in [6.45, 7) is 0. The van der Waals surface area contributed by atoms with Gasteiger partial charge in [0.1, 0.15) is 0 Å². The normalized spacial score (nSPS) is 11.9. The molecule has 2 aromatic heterocycles. The van der Waals surface area contributed by atoms with E-state index >= 15 is 0 Å². The Kier molecular flexibility index (Phi) is 2.55. The molecule has 0 spiro atoms. The predicted octanol–water partition coefficient (Wildman–Crippen LogP) is 4.02. The van der Waals surface area contributed by atoms with Crippen LogP contribution in [0, 0.1) is 0 Å². The lowest BCUT2D eigenvalue weighted by molar-refractivity contribution is -0.137. The molecule has 2 heterocycles. The van der Waals surface area contributed by atoms with Crippen molar-refractivity contribution in [3.05, 3.63) is 60.6 Å². The minimum atomic E-state index is -4.31. The van der Waals surface area contributed by atoms with Gasteiger partial charge in [-0.2, -0.15) is 13.2 Å². The Morgan fingerprint density at radius 3 is 2.42 bits per heavy atom. The summed E-state index contributed by atoms with van der Waals surface area (Å²) in [6, 6.07) is 8.78. The molecule has 5 heteroatoms. The van der Waals surface area contributed by atoms with Crippen LogP contribution in [0.1, 0.15) is 5.56 Å². The van der Waals surface area contributed by atoms with Crippen LogP contribution in [0.2, 0.25) is 0 Å². The predicted molar refractivity (Wildman–Crippen MR) is 65.6 cm³/mol. The van der Waals surface area contributed by atoms with Crippen LogP contribution in [0.15, 0.2) is 55.0 Å². The van der Waals surface area contributed by atoms with Gasteiger partial charge < -0.3 is 4.40 Å². The Labute approximate surface area is 107 Å². The van der Waals surface area contributed by atoms with Crippen LogP contribution in [0.4, 0.5) is 13.2 Å². The number of alkyl halides is 3. The number of hydrogen-bond donors (Lipinski definition) is 0. The molecule has 0 unspecified atom stereocenters. The smallest absolute Gasteiger partial charge is 0.320 e. The van der Waals surface area contributed by atoms with E-state index in [0.29, 0.717) is 11.3 Å². The van der Waals surface area contributed by atoms with Crippen LogP contribution in [-0.4, -0.2) is 9.38 Å². The van der Waals surface area contributed by atoms with Crippen molar-refractivity contribution in [1.29, 1.82) is 0 Å². The Bertz CT molecular complexity index is 711. The number of aromatic nitrogens is 2. The second-order valence-corrected chi connectivity index (χ2v) is 4.19. The topological polar surface area (TPSA) is 17.3 Å². The molecule has 3 aromatic rings. The molecule has 0 aliphatic heterocycles. The Morgan fingerprint density at radius 1 is 1.00 bits per heavy atom. The first-order valence-corrected chi connectivity index (χ1v) is 5.64. The summed E-state index contributed by atoms with van der Waals surface area (Å²) in [7, 11) is 0. The van der Waals surface area contributed by atoms with Crippen molar-refractivity contribution in [3.8, 4) is 11.3 Å². The van der Waals surface area contributed by atoms with Crippen molar-refractivity contribution < 1.29 is 13.2 Å². The summed E-state index contributed by atoms with van der Waals surface area (Å²) < 4.78 is 39.3. The van der Waals surface area contributed by atoms with Gasteiger partial charge in [-0.05, 0) is 24.3 Å². The third kappa shape index (κ3) is 2.19.